The minimum absolute atomic E-state index is 0.229. The summed E-state index contributed by atoms with van der Waals surface area (Å²) in [5.41, 5.74) is -0.229. The van der Waals surface area contributed by atoms with Crippen LogP contribution in [0.4, 0.5) is 0 Å². The average molecular weight is 209 g/mol. The molecule has 2 fully saturated rings. The molecule has 0 aromatic carbocycles. The summed E-state index contributed by atoms with van der Waals surface area (Å²) in [7, 11) is 1.73. The summed E-state index contributed by atoms with van der Waals surface area (Å²) in [6, 6.07) is 2.49. The summed E-state index contributed by atoms with van der Waals surface area (Å²) in [4.78, 5) is 2.34. The summed E-state index contributed by atoms with van der Waals surface area (Å²) in [5.74, 6) is 0. The minimum Gasteiger partial charge on any atom is -0.381 e. The number of nitrogens with zero attached hydrogens (tertiary/aromatic N) is 2. The normalized spacial score (nSPS) is 37.7. The second-order valence-corrected chi connectivity index (χ2v) is 4.50. The van der Waals surface area contributed by atoms with E-state index in [2.05, 4.69) is 16.3 Å². The second-order valence-electron chi connectivity index (χ2n) is 4.50. The average Bonchev–Trinajstić information content (AvgIpc) is 2.47. The van der Waals surface area contributed by atoms with Crippen molar-refractivity contribution in [3.05, 3.63) is 0 Å². The Balaban J connectivity index is 1.98. The molecule has 0 aromatic rings. The molecule has 0 aromatic heterocycles. The van der Waals surface area contributed by atoms with Crippen molar-refractivity contribution in [2.45, 2.75) is 30.9 Å². The molecule has 0 bridgehead atoms. The minimum atomic E-state index is -0.229. The van der Waals surface area contributed by atoms with E-state index in [1.54, 1.807) is 7.11 Å². The molecular weight excluding hydrogens is 190 g/mol. The van der Waals surface area contributed by atoms with Crippen LogP contribution in [-0.4, -0.2) is 49.8 Å². The monoisotopic (exact) mass is 209 g/mol. The largest absolute Gasteiger partial charge is 0.381 e. The Bertz CT molecular complexity index is 247. The fourth-order valence-corrected chi connectivity index (χ4v) is 2.55. The van der Waals surface area contributed by atoms with Gasteiger partial charge in [0.25, 0.3) is 0 Å². The van der Waals surface area contributed by atoms with E-state index in [1.165, 1.54) is 0 Å². The number of nitrogens with one attached hydrogen (secondary N) is 1. The second kappa shape index (κ2) is 4.48. The van der Waals surface area contributed by atoms with Crippen LogP contribution in [0.5, 0.6) is 0 Å². The molecule has 1 saturated heterocycles. The zero-order valence-electron chi connectivity index (χ0n) is 9.33. The number of hydrogen-bond acceptors (Lipinski definition) is 4. The Kier molecular flexibility index (Phi) is 3.25. The van der Waals surface area contributed by atoms with Crippen LogP contribution < -0.4 is 5.32 Å². The molecule has 1 N–H and O–H groups in total. The third-order valence-corrected chi connectivity index (χ3v) is 3.62. The number of rotatable bonds is 2. The zero-order valence-corrected chi connectivity index (χ0v) is 9.33. The lowest BCUT2D eigenvalue weighted by molar-refractivity contribution is -0.0606. The Morgan fingerprint density at radius 3 is 2.87 bits per heavy atom. The molecule has 1 heterocycles. The van der Waals surface area contributed by atoms with Crippen molar-refractivity contribution in [2.24, 2.45) is 0 Å². The summed E-state index contributed by atoms with van der Waals surface area (Å²) >= 11 is 0. The fourth-order valence-electron chi connectivity index (χ4n) is 2.55. The van der Waals surface area contributed by atoms with E-state index in [1.807, 2.05) is 0 Å². The van der Waals surface area contributed by atoms with E-state index in [0.29, 0.717) is 6.10 Å². The molecule has 1 aliphatic heterocycles. The summed E-state index contributed by atoms with van der Waals surface area (Å²) in [6.45, 7) is 4.10. The molecule has 1 aliphatic carbocycles. The van der Waals surface area contributed by atoms with Crippen LogP contribution >= 0.6 is 0 Å². The predicted octanol–water partition coefficient (Wildman–Crippen LogP) is 0.353. The molecule has 15 heavy (non-hydrogen) atoms. The molecule has 2 aliphatic rings. The van der Waals surface area contributed by atoms with Crippen molar-refractivity contribution in [1.82, 2.24) is 10.2 Å². The predicted molar refractivity (Wildman–Crippen MR) is 57.4 cm³/mol. The van der Waals surface area contributed by atoms with E-state index < -0.39 is 0 Å². The molecule has 4 heteroatoms. The molecular formula is C11H19N3O. The lowest BCUT2D eigenvalue weighted by atomic mass is 9.73. The molecule has 1 saturated carbocycles. The molecule has 0 radical (unpaired) electrons. The van der Waals surface area contributed by atoms with Gasteiger partial charge in [-0.1, -0.05) is 0 Å². The van der Waals surface area contributed by atoms with Gasteiger partial charge in [-0.05, 0) is 13.0 Å². The Morgan fingerprint density at radius 1 is 1.40 bits per heavy atom. The van der Waals surface area contributed by atoms with Gasteiger partial charge < -0.3 is 10.1 Å². The molecule has 0 amide bonds. The van der Waals surface area contributed by atoms with Gasteiger partial charge in [0.2, 0.25) is 0 Å². The lowest BCUT2D eigenvalue weighted by Gasteiger charge is -2.48. The number of hydrogen-bond donors (Lipinski definition) is 1. The first-order valence-electron chi connectivity index (χ1n) is 5.70. The molecule has 0 spiro atoms. The van der Waals surface area contributed by atoms with Crippen LogP contribution in [0.1, 0.15) is 19.3 Å². The highest BCUT2D eigenvalue weighted by Crippen LogP contribution is 2.39. The third kappa shape index (κ3) is 2.00. The SMILES string of the molecule is COC1CC(C#N)(N2CCCNCC2)C1. The van der Waals surface area contributed by atoms with Crippen LogP contribution in [0.15, 0.2) is 0 Å². The Labute approximate surface area is 91.2 Å². The van der Waals surface area contributed by atoms with Gasteiger partial charge in [0.15, 0.2) is 0 Å². The van der Waals surface area contributed by atoms with Crippen molar-refractivity contribution in [3.63, 3.8) is 0 Å². The van der Waals surface area contributed by atoms with Gasteiger partial charge in [0.05, 0.1) is 12.2 Å². The van der Waals surface area contributed by atoms with Gasteiger partial charge in [0.1, 0.15) is 5.54 Å². The standard InChI is InChI=1S/C11H19N3O/c1-15-10-7-11(8-10,9-12)14-5-2-3-13-4-6-14/h10,13H,2-8H2,1H3. The first kappa shape index (κ1) is 10.9. The maximum absolute atomic E-state index is 9.33. The molecule has 84 valence electrons. The van der Waals surface area contributed by atoms with Gasteiger partial charge in [0, 0.05) is 39.6 Å². The van der Waals surface area contributed by atoms with E-state index >= 15 is 0 Å². The van der Waals surface area contributed by atoms with Gasteiger partial charge in [-0.25, -0.2) is 0 Å². The van der Waals surface area contributed by atoms with E-state index in [-0.39, 0.29) is 5.54 Å². The van der Waals surface area contributed by atoms with E-state index in [0.717, 1.165) is 45.4 Å². The Morgan fingerprint density at radius 2 is 2.20 bits per heavy atom. The van der Waals surface area contributed by atoms with Crippen LogP contribution in [0, 0.1) is 11.3 Å². The lowest BCUT2D eigenvalue weighted by Crippen LogP contribution is -2.59. The van der Waals surface area contributed by atoms with Crippen LogP contribution in [0.3, 0.4) is 0 Å². The van der Waals surface area contributed by atoms with E-state index in [9.17, 15) is 5.26 Å². The van der Waals surface area contributed by atoms with Crippen molar-refractivity contribution >= 4 is 0 Å². The molecule has 2 rings (SSSR count). The van der Waals surface area contributed by atoms with Crippen molar-refractivity contribution in [1.29, 1.82) is 5.26 Å². The van der Waals surface area contributed by atoms with Crippen LogP contribution in [0.2, 0.25) is 0 Å². The fraction of sp³-hybridized carbons (Fsp3) is 0.909. The van der Waals surface area contributed by atoms with Gasteiger partial charge in [-0.3, -0.25) is 4.90 Å². The highest BCUT2D eigenvalue weighted by molar-refractivity contribution is 5.17. The highest BCUT2D eigenvalue weighted by atomic mass is 16.5. The molecule has 0 unspecified atom stereocenters. The zero-order chi connectivity index (χ0) is 10.7. The smallest absolute Gasteiger partial charge is 0.114 e. The van der Waals surface area contributed by atoms with Crippen molar-refractivity contribution < 1.29 is 4.74 Å². The van der Waals surface area contributed by atoms with E-state index in [4.69, 9.17) is 4.74 Å². The number of methoxy groups -OCH3 is 1. The van der Waals surface area contributed by atoms with Gasteiger partial charge >= 0.3 is 0 Å². The third-order valence-electron chi connectivity index (χ3n) is 3.62. The molecule has 4 nitrogen and oxygen atoms in total. The summed E-state index contributed by atoms with van der Waals surface area (Å²) in [5, 5.41) is 12.7. The topological polar surface area (TPSA) is 48.3 Å². The van der Waals surface area contributed by atoms with Crippen molar-refractivity contribution in [2.75, 3.05) is 33.3 Å². The van der Waals surface area contributed by atoms with Gasteiger partial charge in [-0.15, -0.1) is 0 Å². The first-order valence-corrected chi connectivity index (χ1v) is 5.70. The highest BCUT2D eigenvalue weighted by Gasteiger charge is 2.49. The quantitative estimate of drug-likeness (QED) is 0.713. The molecule has 0 atom stereocenters. The number of nitriles is 1. The van der Waals surface area contributed by atoms with Crippen LogP contribution in [-0.2, 0) is 4.74 Å². The first-order chi connectivity index (χ1) is 7.30. The summed E-state index contributed by atoms with van der Waals surface area (Å²) in [6.07, 6.45) is 3.18. The number of ether oxygens (including phenoxy) is 1. The van der Waals surface area contributed by atoms with Crippen LogP contribution in [0.25, 0.3) is 0 Å². The summed E-state index contributed by atoms with van der Waals surface area (Å²) < 4.78 is 5.27. The Hall–Kier alpha value is -0.630. The maximum Gasteiger partial charge on any atom is 0.114 e. The maximum atomic E-state index is 9.33. The van der Waals surface area contributed by atoms with Gasteiger partial charge in [-0.2, -0.15) is 5.26 Å². The van der Waals surface area contributed by atoms with Crippen molar-refractivity contribution in [3.8, 4) is 6.07 Å².